The van der Waals surface area contributed by atoms with Crippen LogP contribution in [0, 0.1) is 5.92 Å². The standard InChI is InChI=1S/C25H19N3O5S2/c29-20-12-19(14-34-25-28-27-24(35-25)26-22(30)17-8-9-17)32-13-21(20)33-23(31)18-10-6-16(7-11-18)15-4-2-1-3-5-15/h1-7,10-13,17H,8-9,14H2,(H,26,27,30). The Kier molecular flexibility index (Phi) is 6.73. The van der Waals surface area contributed by atoms with Gasteiger partial charge in [0.05, 0.1) is 11.3 Å². The molecule has 4 aromatic rings. The Hall–Kier alpha value is -3.76. The summed E-state index contributed by atoms with van der Waals surface area (Å²) in [5.74, 6) is -0.0434. The topological polar surface area (TPSA) is 111 Å². The lowest BCUT2D eigenvalue weighted by Crippen LogP contribution is -2.14. The molecule has 2 aromatic heterocycles. The Labute approximate surface area is 208 Å². The Morgan fingerprint density at radius 1 is 1.06 bits per heavy atom. The summed E-state index contributed by atoms with van der Waals surface area (Å²) < 4.78 is 11.4. The van der Waals surface area contributed by atoms with Crippen molar-refractivity contribution in [2.45, 2.75) is 22.9 Å². The normalized spacial score (nSPS) is 12.8. The van der Waals surface area contributed by atoms with Gasteiger partial charge in [0.1, 0.15) is 12.0 Å². The number of esters is 1. The van der Waals surface area contributed by atoms with Crippen molar-refractivity contribution in [1.29, 1.82) is 0 Å². The number of hydrogen-bond donors (Lipinski definition) is 1. The van der Waals surface area contributed by atoms with Gasteiger partial charge >= 0.3 is 5.97 Å². The molecule has 0 atom stereocenters. The van der Waals surface area contributed by atoms with E-state index in [1.54, 1.807) is 12.1 Å². The second kappa shape index (κ2) is 10.2. The highest BCUT2D eigenvalue weighted by Crippen LogP contribution is 2.32. The second-order valence-electron chi connectivity index (χ2n) is 7.83. The van der Waals surface area contributed by atoms with Crippen LogP contribution in [0.25, 0.3) is 11.1 Å². The van der Waals surface area contributed by atoms with Gasteiger partial charge in [-0.3, -0.25) is 9.59 Å². The number of carbonyl (C=O) groups is 2. The number of anilines is 1. The number of carbonyl (C=O) groups excluding carboxylic acids is 2. The van der Waals surface area contributed by atoms with Crippen molar-refractivity contribution in [2.24, 2.45) is 5.92 Å². The molecule has 10 heteroatoms. The molecule has 2 aromatic carbocycles. The number of aromatic nitrogens is 2. The predicted molar refractivity (Wildman–Crippen MR) is 133 cm³/mol. The number of ether oxygens (including phenoxy) is 1. The molecule has 0 spiro atoms. The fraction of sp³-hybridized carbons (Fsp3) is 0.160. The van der Waals surface area contributed by atoms with Gasteiger partial charge in [-0.05, 0) is 36.1 Å². The highest BCUT2D eigenvalue weighted by molar-refractivity contribution is 8.00. The van der Waals surface area contributed by atoms with E-state index in [1.807, 2.05) is 42.5 Å². The molecule has 0 aliphatic heterocycles. The summed E-state index contributed by atoms with van der Waals surface area (Å²) in [5.41, 5.74) is 1.87. The van der Waals surface area contributed by atoms with E-state index in [-0.39, 0.29) is 17.6 Å². The van der Waals surface area contributed by atoms with E-state index in [9.17, 15) is 14.4 Å². The SMILES string of the molecule is O=C(Oc1coc(CSc2nnc(NC(=O)C3CC3)s2)cc1=O)c1ccc(-c2ccccc2)cc1. The third-order valence-corrected chi connectivity index (χ3v) is 7.20. The van der Waals surface area contributed by atoms with Crippen molar-refractivity contribution in [1.82, 2.24) is 10.2 Å². The number of hydrogen-bond acceptors (Lipinski definition) is 9. The van der Waals surface area contributed by atoms with Crippen molar-refractivity contribution < 1.29 is 18.7 Å². The zero-order valence-electron chi connectivity index (χ0n) is 18.3. The molecule has 1 saturated carbocycles. The molecule has 0 unspecified atom stereocenters. The molecule has 1 fully saturated rings. The fourth-order valence-corrected chi connectivity index (χ4v) is 4.83. The number of nitrogens with one attached hydrogen (secondary N) is 1. The van der Waals surface area contributed by atoms with Crippen LogP contribution in [0.4, 0.5) is 5.13 Å². The first-order chi connectivity index (χ1) is 17.0. The van der Waals surface area contributed by atoms with Gasteiger partial charge in [-0.15, -0.1) is 10.2 Å². The molecule has 1 amide bonds. The lowest BCUT2D eigenvalue weighted by Gasteiger charge is -2.06. The van der Waals surface area contributed by atoms with Crippen LogP contribution in [0.5, 0.6) is 5.75 Å². The summed E-state index contributed by atoms with van der Waals surface area (Å²) in [7, 11) is 0. The van der Waals surface area contributed by atoms with Crippen LogP contribution in [0.2, 0.25) is 0 Å². The van der Waals surface area contributed by atoms with Crippen LogP contribution in [0.3, 0.4) is 0 Å². The fourth-order valence-electron chi connectivity index (χ4n) is 3.18. The first kappa shape index (κ1) is 23.0. The van der Waals surface area contributed by atoms with Gasteiger partial charge in [-0.25, -0.2) is 4.79 Å². The van der Waals surface area contributed by atoms with Gasteiger partial charge in [-0.2, -0.15) is 0 Å². The summed E-state index contributed by atoms with van der Waals surface area (Å²) in [4.78, 5) is 36.7. The summed E-state index contributed by atoms with van der Waals surface area (Å²) in [6.07, 6.45) is 2.96. The average molecular weight is 506 g/mol. The van der Waals surface area contributed by atoms with E-state index in [0.29, 0.717) is 26.5 Å². The van der Waals surface area contributed by atoms with Crippen molar-refractivity contribution in [2.75, 3.05) is 5.32 Å². The van der Waals surface area contributed by atoms with Crippen LogP contribution in [0.15, 0.2) is 80.5 Å². The van der Waals surface area contributed by atoms with Crippen molar-refractivity contribution >= 4 is 40.1 Å². The monoisotopic (exact) mass is 505 g/mol. The van der Waals surface area contributed by atoms with Crippen molar-refractivity contribution in [3.05, 3.63) is 88.5 Å². The molecule has 8 nitrogen and oxygen atoms in total. The van der Waals surface area contributed by atoms with E-state index in [2.05, 4.69) is 15.5 Å². The molecule has 176 valence electrons. The van der Waals surface area contributed by atoms with Crippen molar-refractivity contribution in [3.8, 4) is 16.9 Å². The summed E-state index contributed by atoms with van der Waals surface area (Å²) in [5, 5.41) is 11.2. The number of amides is 1. The molecule has 0 bridgehead atoms. The van der Waals surface area contributed by atoms with Gasteiger partial charge in [0.15, 0.2) is 4.34 Å². The highest BCUT2D eigenvalue weighted by Gasteiger charge is 2.30. The van der Waals surface area contributed by atoms with Gasteiger partial charge < -0.3 is 14.5 Å². The average Bonchev–Trinajstić information content (AvgIpc) is 3.65. The third-order valence-electron chi connectivity index (χ3n) is 5.21. The minimum atomic E-state index is -0.645. The predicted octanol–water partition coefficient (Wildman–Crippen LogP) is 5.02. The summed E-state index contributed by atoms with van der Waals surface area (Å²) in [6.45, 7) is 0. The zero-order valence-corrected chi connectivity index (χ0v) is 19.9. The molecular formula is C25H19N3O5S2. The molecule has 1 aliphatic carbocycles. The van der Waals surface area contributed by atoms with E-state index < -0.39 is 11.4 Å². The number of thioether (sulfide) groups is 1. The second-order valence-corrected chi connectivity index (χ2v) is 10.0. The zero-order chi connectivity index (χ0) is 24.2. The van der Waals surface area contributed by atoms with Gasteiger partial charge in [0.25, 0.3) is 0 Å². The van der Waals surface area contributed by atoms with E-state index in [4.69, 9.17) is 9.15 Å². The first-order valence-electron chi connectivity index (χ1n) is 10.8. The number of rotatable bonds is 8. The number of nitrogens with zero attached hydrogens (tertiary/aromatic N) is 2. The Bertz CT molecular complexity index is 1410. The molecule has 2 heterocycles. The molecule has 0 radical (unpaired) electrons. The largest absolute Gasteiger partial charge is 0.464 e. The van der Waals surface area contributed by atoms with Crippen LogP contribution >= 0.6 is 23.1 Å². The third kappa shape index (κ3) is 5.84. The molecular weight excluding hydrogens is 486 g/mol. The minimum Gasteiger partial charge on any atom is -0.464 e. The van der Waals surface area contributed by atoms with Gasteiger partial charge in [0, 0.05) is 12.0 Å². The minimum absolute atomic E-state index is 0.0269. The molecule has 1 N–H and O–H groups in total. The van der Waals surface area contributed by atoms with Crippen LogP contribution in [0.1, 0.15) is 29.0 Å². The van der Waals surface area contributed by atoms with Crippen LogP contribution in [-0.4, -0.2) is 22.1 Å². The van der Waals surface area contributed by atoms with Crippen LogP contribution in [-0.2, 0) is 10.5 Å². The smallest absolute Gasteiger partial charge is 0.343 e. The molecule has 35 heavy (non-hydrogen) atoms. The van der Waals surface area contributed by atoms with E-state index in [0.717, 1.165) is 30.2 Å². The Morgan fingerprint density at radius 3 is 2.51 bits per heavy atom. The summed E-state index contributed by atoms with van der Waals surface area (Å²) >= 11 is 2.58. The lowest BCUT2D eigenvalue weighted by atomic mass is 10.0. The van der Waals surface area contributed by atoms with Gasteiger partial charge in [-0.1, -0.05) is 65.6 Å². The van der Waals surface area contributed by atoms with Crippen LogP contribution < -0.4 is 15.5 Å². The molecule has 0 saturated heterocycles. The lowest BCUT2D eigenvalue weighted by molar-refractivity contribution is -0.117. The number of benzene rings is 2. The maximum atomic E-state index is 12.5. The highest BCUT2D eigenvalue weighted by atomic mass is 32.2. The molecule has 5 rings (SSSR count). The maximum absolute atomic E-state index is 12.5. The van der Waals surface area contributed by atoms with Crippen molar-refractivity contribution in [3.63, 3.8) is 0 Å². The molecule has 1 aliphatic rings. The maximum Gasteiger partial charge on any atom is 0.343 e. The first-order valence-corrected chi connectivity index (χ1v) is 12.6. The summed E-state index contributed by atoms with van der Waals surface area (Å²) in [6, 6.07) is 18.0. The van der Waals surface area contributed by atoms with E-state index >= 15 is 0 Å². The Balaban J connectivity index is 1.17. The quantitative estimate of drug-likeness (QED) is 0.202. The van der Waals surface area contributed by atoms with Gasteiger partial charge in [0.2, 0.25) is 22.2 Å². The van der Waals surface area contributed by atoms with E-state index in [1.165, 1.54) is 29.2 Å². The Morgan fingerprint density at radius 2 is 1.80 bits per heavy atom.